The SMILES string of the molecule is Cc1ccc(-n2c(SCC(=O)NC3CC3)nnc2N2CCOCC2)cc1. The number of aromatic nitrogens is 3. The minimum Gasteiger partial charge on any atom is -0.378 e. The summed E-state index contributed by atoms with van der Waals surface area (Å²) in [7, 11) is 0. The summed E-state index contributed by atoms with van der Waals surface area (Å²) in [6.45, 7) is 5.02. The average Bonchev–Trinajstić information content (AvgIpc) is 3.37. The normalized spacial score (nSPS) is 17.3. The van der Waals surface area contributed by atoms with E-state index < -0.39 is 0 Å². The van der Waals surface area contributed by atoms with E-state index in [1.54, 1.807) is 0 Å². The number of rotatable bonds is 6. The van der Waals surface area contributed by atoms with Gasteiger partial charge in [0.25, 0.3) is 0 Å². The molecule has 4 rings (SSSR count). The molecule has 26 heavy (non-hydrogen) atoms. The van der Waals surface area contributed by atoms with Crippen LogP contribution >= 0.6 is 11.8 Å². The van der Waals surface area contributed by atoms with Crippen molar-refractivity contribution >= 4 is 23.6 Å². The molecule has 0 bridgehead atoms. The lowest BCUT2D eigenvalue weighted by Crippen LogP contribution is -2.37. The first-order chi connectivity index (χ1) is 12.7. The maximum Gasteiger partial charge on any atom is 0.232 e. The number of carbonyl (C=O) groups excluding carboxylic acids is 1. The van der Waals surface area contributed by atoms with Gasteiger partial charge in [0.1, 0.15) is 0 Å². The summed E-state index contributed by atoms with van der Waals surface area (Å²) < 4.78 is 7.50. The highest BCUT2D eigenvalue weighted by Gasteiger charge is 2.25. The van der Waals surface area contributed by atoms with Crippen molar-refractivity contribution in [3.8, 4) is 5.69 Å². The average molecular weight is 373 g/mol. The summed E-state index contributed by atoms with van der Waals surface area (Å²) in [4.78, 5) is 14.2. The minimum absolute atomic E-state index is 0.0591. The number of hydrogen-bond acceptors (Lipinski definition) is 6. The van der Waals surface area contributed by atoms with E-state index in [0.717, 1.165) is 42.7 Å². The van der Waals surface area contributed by atoms with Crippen molar-refractivity contribution in [2.24, 2.45) is 0 Å². The van der Waals surface area contributed by atoms with Crippen molar-refractivity contribution < 1.29 is 9.53 Å². The minimum atomic E-state index is 0.0591. The van der Waals surface area contributed by atoms with Crippen molar-refractivity contribution in [1.82, 2.24) is 20.1 Å². The lowest BCUT2D eigenvalue weighted by atomic mass is 10.2. The fourth-order valence-corrected chi connectivity index (χ4v) is 3.63. The molecule has 2 aromatic rings. The van der Waals surface area contributed by atoms with Crippen LogP contribution in [0.5, 0.6) is 0 Å². The van der Waals surface area contributed by atoms with Crippen LogP contribution in [-0.4, -0.2) is 58.8 Å². The fraction of sp³-hybridized carbons (Fsp3) is 0.500. The maximum absolute atomic E-state index is 12.1. The predicted molar refractivity (Wildman–Crippen MR) is 101 cm³/mol. The van der Waals surface area contributed by atoms with Crippen LogP contribution in [0.1, 0.15) is 18.4 Å². The number of nitrogens with zero attached hydrogens (tertiary/aromatic N) is 4. The Kier molecular flexibility index (Phi) is 5.12. The Balaban J connectivity index is 1.58. The molecule has 138 valence electrons. The molecule has 1 saturated carbocycles. The number of ether oxygens (including phenoxy) is 1. The molecule has 7 nitrogen and oxygen atoms in total. The number of hydrogen-bond donors (Lipinski definition) is 1. The standard InChI is InChI=1S/C18H23N5O2S/c1-13-2-6-15(7-3-13)23-17(22-8-10-25-11-9-22)20-21-18(23)26-12-16(24)19-14-4-5-14/h2-3,6-7,14H,4-5,8-12H2,1H3,(H,19,24). The van der Waals surface area contributed by atoms with E-state index in [0.29, 0.717) is 25.0 Å². The van der Waals surface area contributed by atoms with Crippen molar-refractivity contribution in [2.75, 3.05) is 37.0 Å². The quantitative estimate of drug-likeness (QED) is 0.779. The van der Waals surface area contributed by atoms with Crippen LogP contribution < -0.4 is 10.2 Å². The number of thioether (sulfide) groups is 1. The molecule has 0 radical (unpaired) electrons. The monoisotopic (exact) mass is 373 g/mol. The Bertz CT molecular complexity index is 766. The Hall–Kier alpha value is -2.06. The molecule has 0 unspecified atom stereocenters. The van der Waals surface area contributed by atoms with Gasteiger partial charge in [-0.3, -0.25) is 9.36 Å². The van der Waals surface area contributed by atoms with Crippen molar-refractivity contribution in [3.63, 3.8) is 0 Å². The van der Waals surface area contributed by atoms with E-state index >= 15 is 0 Å². The number of morpholine rings is 1. The van der Waals surface area contributed by atoms with Gasteiger partial charge >= 0.3 is 0 Å². The van der Waals surface area contributed by atoms with Gasteiger partial charge < -0.3 is 15.0 Å². The molecule has 1 aromatic carbocycles. The Morgan fingerprint density at radius 3 is 2.65 bits per heavy atom. The Labute approximate surface area is 157 Å². The summed E-state index contributed by atoms with van der Waals surface area (Å²) >= 11 is 1.43. The second kappa shape index (κ2) is 7.67. The lowest BCUT2D eigenvalue weighted by Gasteiger charge is -2.27. The summed E-state index contributed by atoms with van der Waals surface area (Å²) in [5.74, 6) is 1.22. The summed E-state index contributed by atoms with van der Waals surface area (Å²) in [6.07, 6.45) is 2.19. The Morgan fingerprint density at radius 1 is 1.23 bits per heavy atom. The van der Waals surface area contributed by atoms with E-state index in [4.69, 9.17) is 4.74 Å². The second-order valence-corrected chi connectivity index (χ2v) is 7.63. The third-order valence-corrected chi connectivity index (χ3v) is 5.41. The molecule has 1 aliphatic heterocycles. The molecule has 1 aromatic heterocycles. The van der Waals surface area contributed by atoms with Crippen LogP contribution in [0.2, 0.25) is 0 Å². The highest BCUT2D eigenvalue weighted by molar-refractivity contribution is 7.99. The zero-order valence-electron chi connectivity index (χ0n) is 14.9. The molecule has 2 fully saturated rings. The Morgan fingerprint density at radius 2 is 1.96 bits per heavy atom. The van der Waals surface area contributed by atoms with E-state index in [1.165, 1.54) is 17.3 Å². The number of nitrogens with one attached hydrogen (secondary N) is 1. The molecular formula is C18H23N5O2S. The molecule has 1 saturated heterocycles. The number of aryl methyl sites for hydroxylation is 1. The lowest BCUT2D eigenvalue weighted by molar-refractivity contribution is -0.118. The largest absolute Gasteiger partial charge is 0.378 e. The van der Waals surface area contributed by atoms with Gasteiger partial charge in [-0.1, -0.05) is 29.5 Å². The molecule has 1 aliphatic carbocycles. The van der Waals surface area contributed by atoms with E-state index in [2.05, 4.69) is 51.6 Å². The molecule has 0 atom stereocenters. The maximum atomic E-state index is 12.1. The van der Waals surface area contributed by atoms with Crippen LogP contribution in [0.15, 0.2) is 29.4 Å². The van der Waals surface area contributed by atoms with Crippen molar-refractivity contribution in [3.05, 3.63) is 29.8 Å². The molecule has 0 spiro atoms. The van der Waals surface area contributed by atoms with Gasteiger partial charge in [-0.15, -0.1) is 10.2 Å². The third-order valence-electron chi connectivity index (χ3n) is 4.48. The van der Waals surface area contributed by atoms with Crippen molar-refractivity contribution in [1.29, 1.82) is 0 Å². The smallest absolute Gasteiger partial charge is 0.232 e. The van der Waals surface area contributed by atoms with Crippen LogP contribution in [0, 0.1) is 6.92 Å². The van der Waals surface area contributed by atoms with E-state index in [9.17, 15) is 4.79 Å². The van der Waals surface area contributed by atoms with Gasteiger partial charge in [0.15, 0.2) is 5.16 Å². The van der Waals surface area contributed by atoms with Gasteiger partial charge in [0.05, 0.1) is 24.7 Å². The molecular weight excluding hydrogens is 350 g/mol. The van der Waals surface area contributed by atoms with E-state index in [1.807, 2.05) is 4.57 Å². The molecule has 1 amide bonds. The zero-order chi connectivity index (χ0) is 17.9. The van der Waals surface area contributed by atoms with Crippen molar-refractivity contribution in [2.45, 2.75) is 31.0 Å². The predicted octanol–water partition coefficient (Wildman–Crippen LogP) is 1.78. The third kappa shape index (κ3) is 4.02. The second-order valence-electron chi connectivity index (χ2n) is 6.68. The number of benzene rings is 1. The van der Waals surface area contributed by atoms with Gasteiger partial charge in [-0.2, -0.15) is 0 Å². The summed E-state index contributed by atoms with van der Waals surface area (Å²) in [6, 6.07) is 8.66. The fourth-order valence-electron chi connectivity index (χ4n) is 2.87. The zero-order valence-corrected chi connectivity index (χ0v) is 15.7. The molecule has 1 N–H and O–H groups in total. The highest BCUT2D eigenvalue weighted by atomic mass is 32.2. The van der Waals surface area contributed by atoms with Gasteiger partial charge in [0, 0.05) is 19.1 Å². The number of anilines is 1. The van der Waals surface area contributed by atoms with Crippen LogP contribution in [0.3, 0.4) is 0 Å². The van der Waals surface area contributed by atoms with Crippen LogP contribution in [0.4, 0.5) is 5.95 Å². The van der Waals surface area contributed by atoms with Crippen LogP contribution in [-0.2, 0) is 9.53 Å². The van der Waals surface area contributed by atoms with Gasteiger partial charge in [0.2, 0.25) is 11.9 Å². The summed E-state index contributed by atoms with van der Waals surface area (Å²) in [5.41, 5.74) is 2.21. The van der Waals surface area contributed by atoms with E-state index in [-0.39, 0.29) is 5.91 Å². The first kappa shape index (κ1) is 17.4. The first-order valence-electron chi connectivity index (χ1n) is 8.98. The topological polar surface area (TPSA) is 72.3 Å². The number of carbonyl (C=O) groups is 1. The molecule has 2 aliphatic rings. The van der Waals surface area contributed by atoms with Gasteiger partial charge in [-0.25, -0.2) is 0 Å². The summed E-state index contributed by atoms with van der Waals surface area (Å²) in [5, 5.41) is 12.5. The molecule has 2 heterocycles. The number of amides is 1. The first-order valence-corrected chi connectivity index (χ1v) is 9.96. The van der Waals surface area contributed by atoms with Crippen LogP contribution in [0.25, 0.3) is 5.69 Å². The molecule has 8 heteroatoms. The highest BCUT2D eigenvalue weighted by Crippen LogP contribution is 2.27. The van der Waals surface area contributed by atoms with Gasteiger partial charge in [-0.05, 0) is 31.9 Å².